The maximum absolute atomic E-state index is 12.8. The Hall–Kier alpha value is -1.59. The molecule has 1 fully saturated rings. The highest BCUT2D eigenvalue weighted by Crippen LogP contribution is 2.38. The molecule has 24 heavy (non-hydrogen) atoms. The predicted octanol–water partition coefficient (Wildman–Crippen LogP) is 2.22. The summed E-state index contributed by atoms with van der Waals surface area (Å²) in [5, 5.41) is 0. The zero-order valence-corrected chi connectivity index (χ0v) is 14.9. The van der Waals surface area contributed by atoms with Crippen LogP contribution in [0.4, 0.5) is 0 Å². The van der Waals surface area contributed by atoms with Gasteiger partial charge in [0.05, 0.1) is 6.54 Å². The first-order chi connectivity index (χ1) is 11.0. The van der Waals surface area contributed by atoms with E-state index in [1.165, 1.54) is 6.42 Å². The Morgan fingerprint density at radius 1 is 1.08 bits per heavy atom. The van der Waals surface area contributed by atoms with Gasteiger partial charge in [-0.05, 0) is 30.4 Å². The van der Waals surface area contributed by atoms with Crippen molar-refractivity contribution < 1.29 is 9.59 Å². The third-order valence-corrected chi connectivity index (χ3v) is 4.79. The van der Waals surface area contributed by atoms with E-state index in [0.717, 1.165) is 31.2 Å². The van der Waals surface area contributed by atoms with Crippen LogP contribution in [0.25, 0.3) is 0 Å². The molecule has 1 aliphatic rings. The minimum Gasteiger partial charge on any atom is -0.368 e. The molecule has 134 valence electrons. The van der Waals surface area contributed by atoms with E-state index >= 15 is 0 Å². The second-order valence-electron chi connectivity index (χ2n) is 6.64. The van der Waals surface area contributed by atoms with E-state index in [9.17, 15) is 9.59 Å². The molecule has 1 aliphatic carbocycles. The van der Waals surface area contributed by atoms with Crippen molar-refractivity contribution in [2.24, 2.45) is 16.9 Å². The van der Waals surface area contributed by atoms with Gasteiger partial charge < -0.3 is 16.4 Å². The lowest BCUT2D eigenvalue weighted by Crippen LogP contribution is -2.43. The van der Waals surface area contributed by atoms with E-state index < -0.39 is 5.91 Å². The standard InChI is InChI=1S/C18H27N3O2.ClH/c19-14-18(9-5-2-6-10-18)11-17(23)21(13-16(20)22)12-15-7-3-1-4-8-15;/h1,3-4,7-8H,2,5-6,9-14,19H2,(H2,20,22);1H. The Bertz CT molecular complexity index is 530. The highest BCUT2D eigenvalue weighted by molar-refractivity contribution is 5.85. The fourth-order valence-corrected chi connectivity index (χ4v) is 3.41. The molecule has 0 radical (unpaired) electrons. The number of rotatable bonds is 7. The second kappa shape index (κ2) is 9.64. The van der Waals surface area contributed by atoms with Gasteiger partial charge in [-0.3, -0.25) is 9.59 Å². The number of benzene rings is 1. The van der Waals surface area contributed by atoms with Crippen LogP contribution in [0.5, 0.6) is 0 Å². The zero-order chi connectivity index (χ0) is 16.7. The number of nitrogens with zero attached hydrogens (tertiary/aromatic N) is 1. The first kappa shape index (κ1) is 20.5. The van der Waals surface area contributed by atoms with Gasteiger partial charge in [0, 0.05) is 13.0 Å². The van der Waals surface area contributed by atoms with Gasteiger partial charge >= 0.3 is 0 Å². The molecule has 1 aromatic rings. The van der Waals surface area contributed by atoms with E-state index in [1.807, 2.05) is 30.3 Å². The van der Waals surface area contributed by atoms with Gasteiger partial charge in [0.1, 0.15) is 0 Å². The number of primary amides is 1. The van der Waals surface area contributed by atoms with Gasteiger partial charge in [-0.2, -0.15) is 0 Å². The zero-order valence-electron chi connectivity index (χ0n) is 14.1. The van der Waals surface area contributed by atoms with Crippen molar-refractivity contribution in [2.75, 3.05) is 13.1 Å². The number of amides is 2. The monoisotopic (exact) mass is 353 g/mol. The topological polar surface area (TPSA) is 89.4 Å². The number of halogens is 1. The quantitative estimate of drug-likeness (QED) is 0.787. The van der Waals surface area contributed by atoms with Crippen molar-refractivity contribution in [1.82, 2.24) is 4.90 Å². The Morgan fingerprint density at radius 3 is 2.25 bits per heavy atom. The van der Waals surface area contributed by atoms with Crippen LogP contribution in [-0.4, -0.2) is 29.8 Å². The fraction of sp³-hybridized carbons (Fsp3) is 0.556. The van der Waals surface area contributed by atoms with Crippen molar-refractivity contribution in [2.45, 2.75) is 45.1 Å². The third kappa shape index (κ3) is 5.80. The van der Waals surface area contributed by atoms with Crippen molar-refractivity contribution in [1.29, 1.82) is 0 Å². The van der Waals surface area contributed by atoms with Gasteiger partial charge in [-0.15, -0.1) is 12.4 Å². The minimum absolute atomic E-state index is 0. The van der Waals surface area contributed by atoms with Crippen molar-refractivity contribution in [3.63, 3.8) is 0 Å². The highest BCUT2D eigenvalue weighted by atomic mass is 35.5. The molecular formula is C18H28ClN3O2. The lowest BCUT2D eigenvalue weighted by atomic mass is 9.71. The summed E-state index contributed by atoms with van der Waals surface area (Å²) in [7, 11) is 0. The van der Waals surface area contributed by atoms with Gasteiger partial charge in [0.15, 0.2) is 0 Å². The molecule has 0 unspecified atom stereocenters. The molecule has 1 saturated carbocycles. The second-order valence-corrected chi connectivity index (χ2v) is 6.64. The van der Waals surface area contributed by atoms with Gasteiger partial charge in [-0.1, -0.05) is 49.6 Å². The molecule has 0 aromatic heterocycles. The van der Waals surface area contributed by atoms with Crippen LogP contribution >= 0.6 is 12.4 Å². The maximum atomic E-state index is 12.8. The molecule has 0 atom stereocenters. The maximum Gasteiger partial charge on any atom is 0.237 e. The van der Waals surface area contributed by atoms with Gasteiger partial charge in [0.2, 0.25) is 11.8 Å². The van der Waals surface area contributed by atoms with Crippen LogP contribution in [0.3, 0.4) is 0 Å². The Morgan fingerprint density at radius 2 is 1.71 bits per heavy atom. The Labute approximate surface area is 150 Å². The van der Waals surface area contributed by atoms with Crippen molar-refractivity contribution in [3.05, 3.63) is 35.9 Å². The lowest BCUT2D eigenvalue weighted by molar-refractivity contribution is -0.138. The van der Waals surface area contributed by atoms with Crippen LogP contribution in [0, 0.1) is 5.41 Å². The summed E-state index contributed by atoms with van der Waals surface area (Å²) in [5.41, 5.74) is 12.2. The highest BCUT2D eigenvalue weighted by Gasteiger charge is 2.34. The van der Waals surface area contributed by atoms with Crippen LogP contribution < -0.4 is 11.5 Å². The molecule has 6 heteroatoms. The van der Waals surface area contributed by atoms with Crippen LogP contribution in [0.1, 0.15) is 44.1 Å². The molecule has 1 aromatic carbocycles. The molecule has 4 N–H and O–H groups in total. The van der Waals surface area contributed by atoms with E-state index in [1.54, 1.807) is 4.90 Å². The third-order valence-electron chi connectivity index (χ3n) is 4.79. The summed E-state index contributed by atoms with van der Waals surface area (Å²) in [6.07, 6.45) is 5.85. The summed E-state index contributed by atoms with van der Waals surface area (Å²) in [5.74, 6) is -0.514. The van der Waals surface area contributed by atoms with Crippen LogP contribution in [0.2, 0.25) is 0 Å². The molecule has 2 rings (SSSR count). The number of carbonyl (C=O) groups is 2. The molecule has 2 amide bonds. The van der Waals surface area contributed by atoms with Crippen molar-refractivity contribution >= 4 is 24.2 Å². The normalized spacial score (nSPS) is 16.0. The summed E-state index contributed by atoms with van der Waals surface area (Å²) < 4.78 is 0. The van der Waals surface area contributed by atoms with E-state index in [2.05, 4.69) is 0 Å². The molecule has 0 saturated heterocycles. The summed E-state index contributed by atoms with van der Waals surface area (Å²) in [6, 6.07) is 9.66. The fourth-order valence-electron chi connectivity index (χ4n) is 3.41. The van der Waals surface area contributed by atoms with E-state index in [0.29, 0.717) is 19.5 Å². The van der Waals surface area contributed by atoms with E-state index in [-0.39, 0.29) is 30.3 Å². The smallest absolute Gasteiger partial charge is 0.237 e. The molecule has 0 bridgehead atoms. The number of nitrogens with two attached hydrogens (primary N) is 2. The van der Waals surface area contributed by atoms with Crippen LogP contribution in [0.15, 0.2) is 30.3 Å². The average molecular weight is 354 g/mol. The summed E-state index contributed by atoms with van der Waals surface area (Å²) >= 11 is 0. The summed E-state index contributed by atoms with van der Waals surface area (Å²) in [6.45, 7) is 0.881. The number of hydrogen-bond acceptors (Lipinski definition) is 3. The average Bonchev–Trinajstić information content (AvgIpc) is 2.55. The van der Waals surface area contributed by atoms with Gasteiger partial charge in [0.25, 0.3) is 0 Å². The first-order valence-electron chi connectivity index (χ1n) is 8.35. The largest absolute Gasteiger partial charge is 0.368 e. The summed E-state index contributed by atoms with van der Waals surface area (Å²) in [4.78, 5) is 25.7. The molecule has 0 spiro atoms. The first-order valence-corrected chi connectivity index (χ1v) is 8.35. The Kier molecular flexibility index (Phi) is 8.22. The van der Waals surface area contributed by atoms with Crippen molar-refractivity contribution in [3.8, 4) is 0 Å². The lowest BCUT2D eigenvalue weighted by Gasteiger charge is -2.37. The van der Waals surface area contributed by atoms with Crippen LogP contribution in [-0.2, 0) is 16.1 Å². The number of carbonyl (C=O) groups excluding carboxylic acids is 2. The van der Waals surface area contributed by atoms with Gasteiger partial charge in [-0.25, -0.2) is 0 Å². The Balaban J connectivity index is 0.00000288. The number of hydrogen-bond donors (Lipinski definition) is 2. The predicted molar refractivity (Wildman–Crippen MR) is 97.5 cm³/mol. The SMILES string of the molecule is Cl.NCC1(CC(=O)N(CC(N)=O)Cc2ccccc2)CCCCC1. The minimum atomic E-state index is -0.486. The molecule has 0 aliphatic heterocycles. The van der Waals surface area contributed by atoms with E-state index in [4.69, 9.17) is 11.5 Å². The molecule has 0 heterocycles. The molecule has 5 nitrogen and oxygen atoms in total. The molecular weight excluding hydrogens is 326 g/mol.